The Bertz CT molecular complexity index is 507. The van der Waals surface area contributed by atoms with Crippen LogP contribution in [0.5, 0.6) is 0 Å². The van der Waals surface area contributed by atoms with E-state index in [9.17, 15) is 22.4 Å². The van der Waals surface area contributed by atoms with Gasteiger partial charge in [-0.3, -0.25) is 4.79 Å². The van der Waals surface area contributed by atoms with Crippen LogP contribution in [0.15, 0.2) is 22.7 Å². The van der Waals surface area contributed by atoms with Gasteiger partial charge in [-0.05, 0) is 39.5 Å². The number of halogens is 5. The van der Waals surface area contributed by atoms with Gasteiger partial charge in [-0.1, -0.05) is 20.8 Å². The van der Waals surface area contributed by atoms with Crippen LogP contribution in [0, 0.1) is 11.2 Å². The molecule has 21 heavy (non-hydrogen) atoms. The molecular weight excluding hydrogens is 354 g/mol. The van der Waals surface area contributed by atoms with E-state index in [1.807, 2.05) is 0 Å². The highest BCUT2D eigenvalue weighted by atomic mass is 79.9. The van der Waals surface area contributed by atoms with Gasteiger partial charge >= 0.3 is 6.18 Å². The number of nitrogens with zero attached hydrogens (tertiary/aromatic N) is 1. The maximum absolute atomic E-state index is 13.0. The van der Waals surface area contributed by atoms with Crippen molar-refractivity contribution in [2.75, 3.05) is 13.1 Å². The van der Waals surface area contributed by atoms with Gasteiger partial charge < -0.3 is 4.90 Å². The number of hydrogen-bond acceptors (Lipinski definition) is 1. The van der Waals surface area contributed by atoms with Crippen LogP contribution in [0.3, 0.4) is 0 Å². The molecule has 0 bridgehead atoms. The van der Waals surface area contributed by atoms with Crippen molar-refractivity contribution < 1.29 is 22.4 Å². The standard InChI is InChI=1S/C14H16BrF4NO/c1-13(2,3)7-20(8-14(17,18)19)12(21)10-5-4-9(16)6-11(10)15/h4-6H,7-8H2,1-3H3. The molecule has 0 saturated carbocycles. The Kier molecular flexibility index (Phi) is 5.41. The first-order valence-corrected chi connectivity index (χ1v) is 6.99. The highest BCUT2D eigenvalue weighted by molar-refractivity contribution is 9.10. The normalized spacial score (nSPS) is 12.4. The van der Waals surface area contributed by atoms with E-state index in [0.29, 0.717) is 0 Å². The third-order valence-corrected chi connectivity index (χ3v) is 3.14. The van der Waals surface area contributed by atoms with Gasteiger partial charge in [0.2, 0.25) is 0 Å². The highest BCUT2D eigenvalue weighted by Crippen LogP contribution is 2.25. The molecule has 0 heterocycles. The van der Waals surface area contributed by atoms with Crippen LogP contribution in [0.4, 0.5) is 17.6 Å². The quantitative estimate of drug-likeness (QED) is 0.710. The van der Waals surface area contributed by atoms with Gasteiger partial charge in [-0.15, -0.1) is 0 Å². The lowest BCUT2D eigenvalue weighted by Crippen LogP contribution is -2.43. The molecule has 118 valence electrons. The van der Waals surface area contributed by atoms with Crippen molar-refractivity contribution in [3.63, 3.8) is 0 Å². The zero-order valence-corrected chi connectivity index (χ0v) is 13.5. The lowest BCUT2D eigenvalue weighted by atomic mass is 9.95. The Morgan fingerprint density at radius 2 is 1.76 bits per heavy atom. The second-order valence-corrected chi connectivity index (χ2v) is 6.82. The van der Waals surface area contributed by atoms with Crippen molar-refractivity contribution in [2.24, 2.45) is 5.41 Å². The summed E-state index contributed by atoms with van der Waals surface area (Å²) in [5, 5.41) is 0. The molecule has 0 saturated heterocycles. The molecule has 0 fully saturated rings. The fourth-order valence-electron chi connectivity index (χ4n) is 1.82. The maximum Gasteiger partial charge on any atom is 0.406 e. The summed E-state index contributed by atoms with van der Waals surface area (Å²) in [6, 6.07) is 3.27. The van der Waals surface area contributed by atoms with Crippen molar-refractivity contribution in [2.45, 2.75) is 26.9 Å². The monoisotopic (exact) mass is 369 g/mol. The summed E-state index contributed by atoms with van der Waals surface area (Å²) in [6.07, 6.45) is -4.49. The number of alkyl halides is 3. The van der Waals surface area contributed by atoms with Crippen LogP contribution >= 0.6 is 15.9 Å². The molecule has 0 atom stereocenters. The van der Waals surface area contributed by atoms with Crippen LogP contribution in [-0.4, -0.2) is 30.1 Å². The van der Waals surface area contributed by atoms with Gasteiger partial charge in [0, 0.05) is 11.0 Å². The molecule has 1 aromatic carbocycles. The van der Waals surface area contributed by atoms with E-state index in [1.54, 1.807) is 20.8 Å². The van der Waals surface area contributed by atoms with Gasteiger partial charge in [0.05, 0.1) is 5.56 Å². The highest BCUT2D eigenvalue weighted by Gasteiger charge is 2.35. The van der Waals surface area contributed by atoms with E-state index >= 15 is 0 Å². The fraction of sp³-hybridized carbons (Fsp3) is 0.500. The zero-order valence-electron chi connectivity index (χ0n) is 11.9. The molecular formula is C14H16BrF4NO. The van der Waals surface area contributed by atoms with Crippen LogP contribution in [-0.2, 0) is 0 Å². The largest absolute Gasteiger partial charge is 0.406 e. The summed E-state index contributed by atoms with van der Waals surface area (Å²) < 4.78 is 51.1. The molecule has 0 aliphatic rings. The smallest absolute Gasteiger partial charge is 0.329 e. The predicted octanol–water partition coefficient (Wildman–Crippen LogP) is 4.64. The van der Waals surface area contributed by atoms with Crippen molar-refractivity contribution in [1.82, 2.24) is 4.90 Å². The summed E-state index contributed by atoms with van der Waals surface area (Å²) in [6.45, 7) is 3.82. The molecule has 1 amide bonds. The molecule has 7 heteroatoms. The molecule has 0 aromatic heterocycles. The van der Waals surface area contributed by atoms with Gasteiger partial charge in [-0.25, -0.2) is 4.39 Å². The van der Waals surface area contributed by atoms with E-state index in [1.165, 1.54) is 6.07 Å². The minimum Gasteiger partial charge on any atom is -0.329 e. The van der Waals surface area contributed by atoms with E-state index in [4.69, 9.17) is 0 Å². The summed E-state index contributed by atoms with van der Waals surface area (Å²) in [7, 11) is 0. The van der Waals surface area contributed by atoms with Gasteiger partial charge in [0.25, 0.3) is 5.91 Å². The molecule has 1 aromatic rings. The third-order valence-electron chi connectivity index (χ3n) is 2.48. The van der Waals surface area contributed by atoms with Crippen molar-refractivity contribution >= 4 is 21.8 Å². The Morgan fingerprint density at radius 3 is 2.19 bits per heavy atom. The summed E-state index contributed by atoms with van der Waals surface area (Å²) >= 11 is 3.01. The molecule has 0 radical (unpaired) electrons. The van der Waals surface area contributed by atoms with E-state index in [2.05, 4.69) is 15.9 Å². The fourth-order valence-corrected chi connectivity index (χ4v) is 2.34. The maximum atomic E-state index is 13.0. The molecule has 0 N–H and O–H groups in total. The summed E-state index contributed by atoms with van der Waals surface area (Å²) in [5.41, 5.74) is -0.488. The average Bonchev–Trinajstić information content (AvgIpc) is 2.23. The van der Waals surface area contributed by atoms with Gasteiger partial charge in [0.15, 0.2) is 0 Å². The Labute approximate surface area is 129 Å². The number of hydrogen-bond donors (Lipinski definition) is 0. The second kappa shape index (κ2) is 6.34. The lowest BCUT2D eigenvalue weighted by molar-refractivity contribution is -0.142. The third kappa shape index (κ3) is 6.03. The lowest BCUT2D eigenvalue weighted by Gasteiger charge is -2.31. The van der Waals surface area contributed by atoms with Crippen LogP contribution in [0.25, 0.3) is 0 Å². The molecule has 0 spiro atoms. The second-order valence-electron chi connectivity index (χ2n) is 5.96. The topological polar surface area (TPSA) is 20.3 Å². The summed E-state index contributed by atoms with van der Waals surface area (Å²) in [5.74, 6) is -1.36. The van der Waals surface area contributed by atoms with Gasteiger partial charge in [-0.2, -0.15) is 13.2 Å². The Hall–Kier alpha value is -1.11. The van der Waals surface area contributed by atoms with Crippen LogP contribution < -0.4 is 0 Å². The van der Waals surface area contributed by atoms with Crippen molar-refractivity contribution in [3.8, 4) is 0 Å². The van der Waals surface area contributed by atoms with E-state index in [-0.39, 0.29) is 16.6 Å². The van der Waals surface area contributed by atoms with E-state index < -0.39 is 29.9 Å². The van der Waals surface area contributed by atoms with Crippen molar-refractivity contribution in [1.29, 1.82) is 0 Å². The van der Waals surface area contributed by atoms with Crippen LogP contribution in [0.1, 0.15) is 31.1 Å². The first kappa shape index (κ1) is 17.9. The van der Waals surface area contributed by atoms with Crippen LogP contribution in [0.2, 0.25) is 0 Å². The number of carbonyl (C=O) groups is 1. The van der Waals surface area contributed by atoms with E-state index in [0.717, 1.165) is 17.0 Å². The minimum atomic E-state index is -4.49. The van der Waals surface area contributed by atoms with Gasteiger partial charge in [0.1, 0.15) is 12.4 Å². The summed E-state index contributed by atoms with van der Waals surface area (Å²) in [4.78, 5) is 13.0. The first-order chi connectivity index (χ1) is 9.39. The Morgan fingerprint density at radius 1 is 1.19 bits per heavy atom. The predicted molar refractivity (Wildman–Crippen MR) is 75.5 cm³/mol. The zero-order chi connectivity index (χ0) is 16.4. The number of rotatable bonds is 3. The molecule has 0 unspecified atom stereocenters. The molecule has 0 aliphatic heterocycles. The first-order valence-electron chi connectivity index (χ1n) is 6.20. The molecule has 2 nitrogen and oxygen atoms in total. The Balaban J connectivity index is 3.09. The minimum absolute atomic E-state index is 0.00454. The SMILES string of the molecule is CC(C)(C)CN(CC(F)(F)F)C(=O)c1ccc(F)cc1Br. The van der Waals surface area contributed by atoms with Crippen molar-refractivity contribution in [3.05, 3.63) is 34.1 Å². The number of carbonyl (C=O) groups excluding carboxylic acids is 1. The molecule has 1 rings (SSSR count). The molecule has 0 aliphatic carbocycles. The average molecular weight is 370 g/mol. The number of benzene rings is 1. The number of amides is 1.